The summed E-state index contributed by atoms with van der Waals surface area (Å²) in [6, 6.07) is 9.39. The van der Waals surface area contributed by atoms with Crippen molar-refractivity contribution in [2.75, 3.05) is 13.2 Å². The molecule has 1 aromatic carbocycles. The van der Waals surface area contributed by atoms with Gasteiger partial charge in [0.1, 0.15) is 6.61 Å². The Balaban J connectivity index is 1.30. The van der Waals surface area contributed by atoms with E-state index in [-0.39, 0.29) is 42.1 Å². The molecule has 2 aromatic rings. The molecule has 1 aliphatic carbocycles. The van der Waals surface area contributed by atoms with Crippen LogP contribution in [0.5, 0.6) is 11.5 Å². The van der Waals surface area contributed by atoms with Crippen LogP contribution >= 0.6 is 0 Å². The number of carbonyl (C=O) groups excluding carboxylic acids is 3. The van der Waals surface area contributed by atoms with Gasteiger partial charge in [-0.05, 0) is 44.9 Å². The van der Waals surface area contributed by atoms with Crippen molar-refractivity contribution < 1.29 is 23.9 Å². The fraction of sp³-hybridized carbons (Fsp3) is 0.400. The number of nitrogens with zero attached hydrogens (tertiary/aromatic N) is 2. The molecule has 0 unspecified atom stereocenters. The van der Waals surface area contributed by atoms with Gasteiger partial charge in [-0.1, -0.05) is 24.3 Å². The molecular weight excluding hydrogens is 408 g/mol. The van der Waals surface area contributed by atoms with E-state index in [1.165, 1.54) is 0 Å². The number of imide groups is 1. The summed E-state index contributed by atoms with van der Waals surface area (Å²) in [5.74, 6) is 0.138. The normalized spacial score (nSPS) is 24.1. The number of rotatable bonds is 5. The Morgan fingerprint density at radius 3 is 2.38 bits per heavy atom. The van der Waals surface area contributed by atoms with Crippen molar-refractivity contribution in [3.05, 3.63) is 59.4 Å². The van der Waals surface area contributed by atoms with E-state index in [2.05, 4.69) is 0 Å². The quantitative estimate of drug-likeness (QED) is 0.411. The predicted molar refractivity (Wildman–Crippen MR) is 117 cm³/mol. The van der Waals surface area contributed by atoms with Gasteiger partial charge < -0.3 is 14.0 Å². The molecule has 1 saturated heterocycles. The monoisotopic (exact) mass is 434 g/mol. The van der Waals surface area contributed by atoms with Gasteiger partial charge in [0.2, 0.25) is 11.8 Å². The number of carbonyl (C=O) groups is 3. The van der Waals surface area contributed by atoms with E-state index in [0.29, 0.717) is 37.3 Å². The van der Waals surface area contributed by atoms with Gasteiger partial charge in [-0.15, -0.1) is 0 Å². The second kappa shape index (κ2) is 7.97. The number of para-hydroxylation sites is 2. The van der Waals surface area contributed by atoms with Gasteiger partial charge in [-0.25, -0.2) is 0 Å². The van der Waals surface area contributed by atoms with Crippen molar-refractivity contribution in [3.63, 3.8) is 0 Å². The van der Waals surface area contributed by atoms with Crippen LogP contribution in [0.25, 0.3) is 0 Å². The largest absolute Gasteiger partial charge is 0.486 e. The molecule has 0 bridgehead atoms. The molecule has 32 heavy (non-hydrogen) atoms. The third-order valence-corrected chi connectivity index (χ3v) is 6.73. The Kier molecular flexibility index (Phi) is 5.12. The number of ether oxygens (including phenoxy) is 2. The summed E-state index contributed by atoms with van der Waals surface area (Å²) in [4.78, 5) is 39.7. The van der Waals surface area contributed by atoms with Crippen molar-refractivity contribution in [2.24, 2.45) is 11.8 Å². The predicted octanol–water partition coefficient (Wildman–Crippen LogP) is 3.08. The van der Waals surface area contributed by atoms with Gasteiger partial charge in [0.25, 0.3) is 0 Å². The summed E-state index contributed by atoms with van der Waals surface area (Å²) < 4.78 is 13.9. The first-order valence-electron chi connectivity index (χ1n) is 11.0. The molecule has 3 aliphatic rings. The molecule has 3 heterocycles. The summed E-state index contributed by atoms with van der Waals surface area (Å²) in [7, 11) is 0. The standard InChI is InChI=1S/C25H26N2O5/c1-15-11-20(21(28)13-27-24(29)18-7-3-4-8-19(18)25(27)30)16(2)26(15)12-17-14-31-22-9-5-6-10-23(22)32-17/h3-6,9-11,17-19H,7-8,12-14H2,1-2H3/t17-,18-,19+/m0/s1. The smallest absolute Gasteiger partial charge is 0.233 e. The van der Waals surface area contributed by atoms with Crippen LogP contribution in [0.15, 0.2) is 42.5 Å². The molecule has 0 spiro atoms. The number of Topliss-reactive ketones (excluding diaryl/α,β-unsaturated/α-hetero) is 1. The highest BCUT2D eigenvalue weighted by atomic mass is 16.6. The molecule has 2 aliphatic heterocycles. The lowest BCUT2D eigenvalue weighted by atomic mass is 9.85. The molecule has 5 rings (SSSR count). The third-order valence-electron chi connectivity index (χ3n) is 6.73. The molecule has 0 N–H and O–H groups in total. The van der Waals surface area contributed by atoms with E-state index in [1.807, 2.05) is 60.9 Å². The van der Waals surface area contributed by atoms with Crippen LogP contribution in [0.1, 0.15) is 34.6 Å². The third kappa shape index (κ3) is 3.42. The number of ketones is 1. The zero-order chi connectivity index (χ0) is 22.4. The number of aromatic nitrogens is 1. The van der Waals surface area contributed by atoms with Crippen molar-refractivity contribution in [1.82, 2.24) is 9.47 Å². The van der Waals surface area contributed by atoms with E-state index in [4.69, 9.17) is 9.47 Å². The molecule has 7 nitrogen and oxygen atoms in total. The first-order chi connectivity index (χ1) is 15.4. The second-order valence-electron chi connectivity index (χ2n) is 8.73. The molecule has 0 saturated carbocycles. The summed E-state index contributed by atoms with van der Waals surface area (Å²) in [6.07, 6.45) is 4.85. The molecule has 1 aromatic heterocycles. The number of benzene rings is 1. The summed E-state index contributed by atoms with van der Waals surface area (Å²) in [5.41, 5.74) is 2.26. The van der Waals surface area contributed by atoms with Gasteiger partial charge in [0.15, 0.2) is 23.4 Å². The topological polar surface area (TPSA) is 77.8 Å². The molecule has 2 amide bonds. The first kappa shape index (κ1) is 20.5. The van der Waals surface area contributed by atoms with Crippen LogP contribution in [-0.2, 0) is 16.1 Å². The number of allylic oxidation sites excluding steroid dienone is 2. The van der Waals surface area contributed by atoms with Crippen LogP contribution in [0.2, 0.25) is 0 Å². The highest BCUT2D eigenvalue weighted by Crippen LogP contribution is 2.35. The fourth-order valence-corrected chi connectivity index (χ4v) is 4.97. The number of amides is 2. The maximum atomic E-state index is 13.1. The number of hydrogen-bond acceptors (Lipinski definition) is 5. The molecule has 7 heteroatoms. The van der Waals surface area contributed by atoms with Crippen molar-refractivity contribution in [1.29, 1.82) is 0 Å². The van der Waals surface area contributed by atoms with Gasteiger partial charge in [0, 0.05) is 17.0 Å². The van der Waals surface area contributed by atoms with E-state index in [1.54, 1.807) is 0 Å². The lowest BCUT2D eigenvalue weighted by molar-refractivity contribution is -0.139. The Morgan fingerprint density at radius 1 is 1.03 bits per heavy atom. The molecule has 1 fully saturated rings. The minimum Gasteiger partial charge on any atom is -0.486 e. The van der Waals surface area contributed by atoms with Crippen LogP contribution in [0.4, 0.5) is 0 Å². The molecular formula is C25H26N2O5. The average Bonchev–Trinajstić information content (AvgIpc) is 3.22. The van der Waals surface area contributed by atoms with Gasteiger partial charge in [-0.3, -0.25) is 19.3 Å². The SMILES string of the molecule is Cc1cc(C(=O)CN2C(=O)[C@H]3CC=CC[C@H]3C2=O)c(C)n1C[C@H]1COc2ccccc2O1. The maximum absolute atomic E-state index is 13.1. The zero-order valence-electron chi connectivity index (χ0n) is 18.2. The number of hydrogen-bond donors (Lipinski definition) is 0. The van der Waals surface area contributed by atoms with E-state index in [9.17, 15) is 14.4 Å². The summed E-state index contributed by atoms with van der Waals surface area (Å²) in [5, 5.41) is 0. The van der Waals surface area contributed by atoms with Crippen molar-refractivity contribution >= 4 is 17.6 Å². The highest BCUT2D eigenvalue weighted by molar-refractivity contribution is 6.10. The molecule has 166 valence electrons. The zero-order valence-corrected chi connectivity index (χ0v) is 18.2. The Bertz CT molecular complexity index is 1110. The first-order valence-corrected chi connectivity index (χ1v) is 11.0. The minimum absolute atomic E-state index is 0.185. The number of aryl methyl sites for hydroxylation is 1. The lowest BCUT2D eigenvalue weighted by Crippen LogP contribution is -2.36. The van der Waals surface area contributed by atoms with E-state index >= 15 is 0 Å². The van der Waals surface area contributed by atoms with Crippen LogP contribution in [-0.4, -0.2) is 46.3 Å². The molecule has 3 atom stereocenters. The van der Waals surface area contributed by atoms with Crippen LogP contribution < -0.4 is 9.47 Å². The molecule has 0 radical (unpaired) electrons. The average molecular weight is 434 g/mol. The van der Waals surface area contributed by atoms with E-state index in [0.717, 1.165) is 22.0 Å². The fourth-order valence-electron chi connectivity index (χ4n) is 4.97. The lowest BCUT2D eigenvalue weighted by Gasteiger charge is -2.27. The minimum atomic E-state index is -0.320. The Hall–Kier alpha value is -3.35. The van der Waals surface area contributed by atoms with Crippen molar-refractivity contribution in [3.8, 4) is 11.5 Å². The Labute approximate surface area is 186 Å². The van der Waals surface area contributed by atoms with E-state index < -0.39 is 0 Å². The number of fused-ring (bicyclic) bond motifs is 2. The number of likely N-dealkylation sites (tertiary alicyclic amines) is 1. The van der Waals surface area contributed by atoms with Crippen molar-refractivity contribution in [2.45, 2.75) is 39.3 Å². The van der Waals surface area contributed by atoms with Crippen LogP contribution in [0, 0.1) is 25.7 Å². The summed E-state index contributed by atoms with van der Waals surface area (Å²) in [6.45, 7) is 4.58. The second-order valence-corrected chi connectivity index (χ2v) is 8.73. The van der Waals surface area contributed by atoms with Crippen LogP contribution in [0.3, 0.4) is 0 Å². The summed E-state index contributed by atoms with van der Waals surface area (Å²) >= 11 is 0. The Morgan fingerprint density at radius 2 is 1.69 bits per heavy atom. The highest BCUT2D eigenvalue weighted by Gasteiger charge is 2.47. The van der Waals surface area contributed by atoms with Gasteiger partial charge in [0.05, 0.1) is 24.9 Å². The maximum Gasteiger partial charge on any atom is 0.233 e. The van der Waals surface area contributed by atoms with Gasteiger partial charge >= 0.3 is 0 Å². The van der Waals surface area contributed by atoms with Gasteiger partial charge in [-0.2, -0.15) is 0 Å².